The zero-order valence-electron chi connectivity index (χ0n) is 15.7. The molecule has 1 aromatic heterocycles. The van der Waals surface area contributed by atoms with E-state index in [1.165, 1.54) is 0 Å². The zero-order chi connectivity index (χ0) is 18.6. The number of hydrogen-bond acceptors (Lipinski definition) is 4. The summed E-state index contributed by atoms with van der Waals surface area (Å²) in [6, 6.07) is 5.68. The molecule has 0 unspecified atom stereocenters. The molecule has 136 valence electrons. The molecule has 0 radical (unpaired) electrons. The average Bonchev–Trinajstić information content (AvgIpc) is 2.58. The Morgan fingerprint density at radius 2 is 1.77 bits per heavy atom. The van der Waals surface area contributed by atoms with E-state index in [-0.39, 0.29) is 16.9 Å². The third kappa shape index (κ3) is 2.45. The van der Waals surface area contributed by atoms with E-state index in [1.54, 1.807) is 20.3 Å². The van der Waals surface area contributed by atoms with Gasteiger partial charge in [-0.05, 0) is 23.1 Å². The number of ether oxygens (including phenoxy) is 2. The number of nitrogens with zero attached hydrogens (tertiary/aromatic N) is 1. The van der Waals surface area contributed by atoms with Crippen LogP contribution < -0.4 is 14.0 Å². The molecule has 26 heavy (non-hydrogen) atoms. The number of methoxy groups -OCH3 is 2. The molecule has 0 spiro atoms. The van der Waals surface area contributed by atoms with Gasteiger partial charge in [0, 0.05) is 19.3 Å². The largest absolute Gasteiger partial charge is 0.507 e. The van der Waals surface area contributed by atoms with Gasteiger partial charge in [-0.15, -0.1) is 0 Å². The first kappa shape index (κ1) is 16.9. The molecule has 2 aromatic rings. The second kappa shape index (κ2) is 5.73. The Morgan fingerprint density at radius 1 is 1.08 bits per heavy atom. The van der Waals surface area contributed by atoms with Crippen LogP contribution in [0.1, 0.15) is 41.9 Å². The highest BCUT2D eigenvalue weighted by molar-refractivity contribution is 6.01. The van der Waals surface area contributed by atoms with Crippen molar-refractivity contribution in [1.29, 1.82) is 0 Å². The molecule has 0 amide bonds. The topological polar surface area (TPSA) is 59.6 Å². The highest BCUT2D eigenvalue weighted by Gasteiger charge is 2.41. The monoisotopic (exact) mass is 354 g/mol. The molecule has 0 saturated carbocycles. The van der Waals surface area contributed by atoms with Gasteiger partial charge in [0.15, 0.2) is 29.5 Å². The maximum Gasteiger partial charge on any atom is 0.216 e. The summed E-state index contributed by atoms with van der Waals surface area (Å²) in [6.45, 7) is 4.99. The molecule has 1 N–H and O–H groups in total. The van der Waals surface area contributed by atoms with Crippen molar-refractivity contribution < 1.29 is 23.9 Å². The first-order valence-electron chi connectivity index (χ1n) is 8.92. The number of carbonyl (C=O) groups excluding carboxylic acids is 1. The Bertz CT molecular complexity index is 930. The van der Waals surface area contributed by atoms with Gasteiger partial charge in [-0.2, -0.15) is 4.57 Å². The zero-order valence-corrected chi connectivity index (χ0v) is 15.7. The van der Waals surface area contributed by atoms with Crippen molar-refractivity contribution in [1.82, 2.24) is 0 Å². The van der Waals surface area contributed by atoms with Gasteiger partial charge in [0.1, 0.15) is 11.3 Å². The second-order valence-electron chi connectivity index (χ2n) is 7.94. The average molecular weight is 354 g/mol. The Balaban J connectivity index is 1.97. The van der Waals surface area contributed by atoms with E-state index in [9.17, 15) is 9.90 Å². The van der Waals surface area contributed by atoms with Crippen LogP contribution in [0.3, 0.4) is 0 Å². The van der Waals surface area contributed by atoms with Gasteiger partial charge in [0.25, 0.3) is 0 Å². The number of hydrogen-bond donors (Lipinski definition) is 1. The molecular weight excluding hydrogens is 330 g/mol. The van der Waals surface area contributed by atoms with E-state index in [2.05, 4.69) is 18.4 Å². The Labute approximate surface area is 153 Å². The van der Waals surface area contributed by atoms with Gasteiger partial charge in [0.2, 0.25) is 5.69 Å². The number of fused-ring (bicyclic) bond motifs is 5. The van der Waals surface area contributed by atoms with Crippen LogP contribution in [-0.4, -0.2) is 25.1 Å². The number of benzene rings is 1. The smallest absolute Gasteiger partial charge is 0.216 e. The van der Waals surface area contributed by atoms with E-state index in [0.29, 0.717) is 23.5 Å². The van der Waals surface area contributed by atoms with Crippen LogP contribution in [0.2, 0.25) is 0 Å². The summed E-state index contributed by atoms with van der Waals surface area (Å²) in [4.78, 5) is 12.6. The second-order valence-corrected chi connectivity index (χ2v) is 7.94. The molecule has 0 fully saturated rings. The molecule has 1 aliphatic heterocycles. The Morgan fingerprint density at radius 3 is 2.46 bits per heavy atom. The minimum atomic E-state index is -0.101. The number of aromatic nitrogens is 1. The van der Waals surface area contributed by atoms with E-state index in [1.807, 2.05) is 12.1 Å². The van der Waals surface area contributed by atoms with Gasteiger partial charge < -0.3 is 14.6 Å². The lowest BCUT2D eigenvalue weighted by molar-refractivity contribution is -0.695. The molecule has 2 heterocycles. The lowest BCUT2D eigenvalue weighted by atomic mass is 9.74. The minimum absolute atomic E-state index is 0.0298. The summed E-state index contributed by atoms with van der Waals surface area (Å²) in [5.41, 5.74) is 4.44. The molecule has 1 aromatic carbocycles. The predicted octanol–water partition coefficient (Wildman–Crippen LogP) is 3.08. The summed E-state index contributed by atoms with van der Waals surface area (Å²) in [6.07, 6.45) is 2.09. The lowest BCUT2D eigenvalue weighted by Crippen LogP contribution is -2.48. The van der Waals surface area contributed by atoms with Gasteiger partial charge >= 0.3 is 0 Å². The van der Waals surface area contributed by atoms with Gasteiger partial charge in [-0.25, -0.2) is 0 Å². The maximum atomic E-state index is 12.6. The Kier molecular flexibility index (Phi) is 3.72. The van der Waals surface area contributed by atoms with Crippen LogP contribution in [-0.2, 0) is 19.4 Å². The van der Waals surface area contributed by atoms with E-state index in [4.69, 9.17) is 9.47 Å². The van der Waals surface area contributed by atoms with Crippen molar-refractivity contribution in [3.05, 3.63) is 35.0 Å². The summed E-state index contributed by atoms with van der Waals surface area (Å²) in [7, 11) is 3.25. The normalized spacial score (nSPS) is 17.2. The summed E-state index contributed by atoms with van der Waals surface area (Å²) in [5, 5.41) is 10.6. The van der Waals surface area contributed by atoms with Gasteiger partial charge in [0.05, 0.1) is 25.8 Å². The number of Topliss-reactive ketones (excluding diaryl/α,β-unsaturated/α-hetero) is 1. The quantitative estimate of drug-likeness (QED) is 0.842. The minimum Gasteiger partial charge on any atom is -0.507 e. The number of carbonyl (C=O) groups is 1. The number of pyridine rings is 1. The third-order valence-electron chi connectivity index (χ3n) is 5.49. The highest BCUT2D eigenvalue weighted by atomic mass is 16.5. The first-order valence-corrected chi connectivity index (χ1v) is 8.92. The van der Waals surface area contributed by atoms with Crippen LogP contribution in [0.15, 0.2) is 18.2 Å². The summed E-state index contributed by atoms with van der Waals surface area (Å²) >= 11 is 0. The molecule has 5 heteroatoms. The van der Waals surface area contributed by atoms with Crippen molar-refractivity contribution in [3.63, 3.8) is 0 Å². The lowest BCUT2D eigenvalue weighted by Gasteiger charge is -2.30. The fraction of sp³-hybridized carbons (Fsp3) is 0.429. The number of ketones is 1. The molecule has 1 aliphatic carbocycles. The first-order chi connectivity index (χ1) is 12.3. The third-order valence-corrected chi connectivity index (χ3v) is 5.49. The SMILES string of the molecule is COc1cc2c(cc1OC)-c1cc(O)c3c([n+]1CC2)CC(C)(C)CC3=O. The van der Waals surface area contributed by atoms with Crippen molar-refractivity contribution in [3.8, 4) is 28.5 Å². The number of aromatic hydroxyl groups is 1. The number of aryl methyl sites for hydroxylation is 1. The van der Waals surface area contributed by atoms with Crippen molar-refractivity contribution in [2.24, 2.45) is 5.41 Å². The standard InChI is InChI=1S/C21H23NO4/c1-21(2)10-15-20(17(24)11-21)16(23)9-14-13-8-19(26-4)18(25-3)7-12(13)5-6-22(14)15/h7-9H,5-6,10-11H2,1-4H3/p+1. The maximum absolute atomic E-state index is 12.6. The Hall–Kier alpha value is -2.56. The van der Waals surface area contributed by atoms with Crippen molar-refractivity contribution >= 4 is 5.78 Å². The van der Waals surface area contributed by atoms with E-state index >= 15 is 0 Å². The van der Waals surface area contributed by atoms with Crippen molar-refractivity contribution in [2.75, 3.05) is 14.2 Å². The van der Waals surface area contributed by atoms with Crippen LogP contribution in [0, 0.1) is 5.41 Å². The van der Waals surface area contributed by atoms with Crippen LogP contribution in [0.5, 0.6) is 17.2 Å². The number of rotatable bonds is 2. The molecule has 0 atom stereocenters. The molecule has 0 bridgehead atoms. The van der Waals surface area contributed by atoms with E-state index < -0.39 is 0 Å². The molecule has 0 saturated heterocycles. The molecule has 2 aliphatic rings. The van der Waals surface area contributed by atoms with Gasteiger partial charge in [-0.3, -0.25) is 4.79 Å². The van der Waals surface area contributed by atoms with E-state index in [0.717, 1.165) is 41.9 Å². The predicted molar refractivity (Wildman–Crippen MR) is 97.0 cm³/mol. The summed E-state index contributed by atoms with van der Waals surface area (Å²) in [5.74, 6) is 1.48. The molecule has 4 rings (SSSR count). The fourth-order valence-electron chi connectivity index (χ4n) is 4.31. The fourth-order valence-corrected chi connectivity index (χ4v) is 4.31. The molecule has 5 nitrogen and oxygen atoms in total. The van der Waals surface area contributed by atoms with Crippen molar-refractivity contribution in [2.45, 2.75) is 39.7 Å². The van der Waals surface area contributed by atoms with Gasteiger partial charge in [-0.1, -0.05) is 13.8 Å². The highest BCUT2D eigenvalue weighted by Crippen LogP contribution is 2.42. The summed E-state index contributed by atoms with van der Waals surface area (Å²) < 4.78 is 13.1. The molecular formula is C21H24NO4+. The van der Waals surface area contributed by atoms with Crippen LogP contribution >= 0.6 is 0 Å². The van der Waals surface area contributed by atoms with Crippen LogP contribution in [0.4, 0.5) is 0 Å². The van der Waals surface area contributed by atoms with Crippen LogP contribution in [0.25, 0.3) is 11.3 Å².